The molecule has 0 aliphatic heterocycles. The number of aromatic nitrogens is 5. The zero-order valence-electron chi connectivity index (χ0n) is 15.4. The summed E-state index contributed by atoms with van der Waals surface area (Å²) in [6.45, 7) is 8.88. The molecule has 1 N–H and O–H groups in total. The van der Waals surface area contributed by atoms with Crippen LogP contribution < -0.4 is 5.56 Å². The van der Waals surface area contributed by atoms with Gasteiger partial charge in [0.05, 0.1) is 15.5 Å². The van der Waals surface area contributed by atoms with Crippen molar-refractivity contribution in [3.05, 3.63) is 44.1 Å². The Morgan fingerprint density at radius 1 is 1.33 bits per heavy atom. The Morgan fingerprint density at radius 2 is 2.15 bits per heavy atom. The minimum Gasteiger partial charge on any atom is -0.309 e. The van der Waals surface area contributed by atoms with Crippen LogP contribution in [0.2, 0.25) is 0 Å². The fourth-order valence-electron chi connectivity index (χ4n) is 2.93. The highest BCUT2D eigenvalue weighted by atomic mass is 32.2. The molecule has 4 aromatic heterocycles. The van der Waals surface area contributed by atoms with Gasteiger partial charge in [-0.1, -0.05) is 17.8 Å². The van der Waals surface area contributed by atoms with E-state index in [4.69, 9.17) is 4.98 Å². The molecule has 0 aliphatic carbocycles. The summed E-state index contributed by atoms with van der Waals surface area (Å²) in [5, 5.41) is 12.3. The third kappa shape index (κ3) is 3.24. The van der Waals surface area contributed by atoms with Gasteiger partial charge in [-0.15, -0.1) is 32.9 Å². The van der Waals surface area contributed by atoms with Crippen molar-refractivity contribution in [1.82, 2.24) is 24.7 Å². The molecule has 1 unspecified atom stereocenters. The van der Waals surface area contributed by atoms with Crippen LogP contribution in [0.25, 0.3) is 20.9 Å². The van der Waals surface area contributed by atoms with Crippen molar-refractivity contribution in [2.75, 3.05) is 0 Å². The van der Waals surface area contributed by atoms with Crippen LogP contribution in [0.3, 0.4) is 0 Å². The number of aryl methyl sites for hydroxylation is 2. The first-order valence-corrected chi connectivity index (χ1v) is 11.2. The van der Waals surface area contributed by atoms with Gasteiger partial charge < -0.3 is 9.55 Å². The molecule has 0 radical (unpaired) electrons. The molecule has 9 heteroatoms. The Hall–Kier alpha value is -1.97. The van der Waals surface area contributed by atoms with Gasteiger partial charge in [0.2, 0.25) is 0 Å². The van der Waals surface area contributed by atoms with E-state index in [2.05, 4.69) is 26.7 Å². The summed E-state index contributed by atoms with van der Waals surface area (Å²) in [6, 6.07) is 4.06. The van der Waals surface area contributed by atoms with Crippen molar-refractivity contribution >= 4 is 44.7 Å². The third-order valence-corrected chi connectivity index (χ3v) is 7.56. The first-order valence-electron chi connectivity index (χ1n) is 8.63. The standard InChI is InChI=1S/C18H19N5OS3/c1-5-23-15(12-7-6-8-25-12)21-22-18(23)27-11(4)14-19-16(24)13-9(2)10(3)26-17(13)20-14/h6-8,11H,5H2,1-4H3,(H,19,20,24). The number of thiophene rings is 2. The van der Waals surface area contributed by atoms with E-state index in [1.165, 1.54) is 0 Å². The summed E-state index contributed by atoms with van der Waals surface area (Å²) in [4.78, 5) is 23.2. The van der Waals surface area contributed by atoms with Gasteiger partial charge in [0.15, 0.2) is 11.0 Å². The minimum atomic E-state index is -0.0690. The molecule has 6 nitrogen and oxygen atoms in total. The molecule has 0 aromatic carbocycles. The van der Waals surface area contributed by atoms with E-state index in [0.717, 1.165) is 37.7 Å². The number of aromatic amines is 1. The quantitative estimate of drug-likeness (QED) is 0.472. The molecule has 0 bridgehead atoms. The van der Waals surface area contributed by atoms with Crippen LogP contribution in [-0.4, -0.2) is 24.7 Å². The lowest BCUT2D eigenvalue weighted by Crippen LogP contribution is -2.12. The van der Waals surface area contributed by atoms with E-state index in [1.807, 2.05) is 38.3 Å². The fraction of sp³-hybridized carbons (Fsp3) is 0.333. The first-order chi connectivity index (χ1) is 13.0. The predicted molar refractivity (Wildman–Crippen MR) is 113 cm³/mol. The first kappa shape index (κ1) is 18.4. The number of hydrogen-bond acceptors (Lipinski definition) is 7. The summed E-state index contributed by atoms with van der Waals surface area (Å²) in [5.74, 6) is 1.55. The van der Waals surface area contributed by atoms with E-state index in [1.54, 1.807) is 34.4 Å². The molecule has 0 saturated carbocycles. The van der Waals surface area contributed by atoms with Crippen LogP contribution in [0.15, 0.2) is 27.5 Å². The van der Waals surface area contributed by atoms with E-state index >= 15 is 0 Å². The van der Waals surface area contributed by atoms with Crippen molar-refractivity contribution < 1.29 is 0 Å². The van der Waals surface area contributed by atoms with Crippen molar-refractivity contribution in [2.45, 2.75) is 44.6 Å². The molecule has 0 spiro atoms. The van der Waals surface area contributed by atoms with Gasteiger partial charge in [0.1, 0.15) is 10.7 Å². The van der Waals surface area contributed by atoms with Crippen molar-refractivity contribution in [2.24, 2.45) is 0 Å². The summed E-state index contributed by atoms with van der Waals surface area (Å²) in [7, 11) is 0. The summed E-state index contributed by atoms with van der Waals surface area (Å²) in [5.41, 5.74) is 0.947. The van der Waals surface area contributed by atoms with Gasteiger partial charge in [-0.3, -0.25) is 4.79 Å². The number of nitrogens with one attached hydrogen (secondary N) is 1. The lowest BCUT2D eigenvalue weighted by molar-refractivity contribution is 0.685. The zero-order valence-corrected chi connectivity index (χ0v) is 17.9. The van der Waals surface area contributed by atoms with Crippen molar-refractivity contribution in [1.29, 1.82) is 0 Å². The van der Waals surface area contributed by atoms with Gasteiger partial charge >= 0.3 is 0 Å². The Labute approximate surface area is 168 Å². The summed E-state index contributed by atoms with van der Waals surface area (Å²) in [6.07, 6.45) is 0. The highest BCUT2D eigenvalue weighted by Gasteiger charge is 2.20. The molecule has 0 saturated heterocycles. The summed E-state index contributed by atoms with van der Waals surface area (Å²) >= 11 is 4.78. The molecule has 4 heterocycles. The molecule has 140 valence electrons. The van der Waals surface area contributed by atoms with Crippen LogP contribution in [0.5, 0.6) is 0 Å². The second-order valence-electron chi connectivity index (χ2n) is 6.20. The predicted octanol–water partition coefficient (Wildman–Crippen LogP) is 4.79. The Balaban J connectivity index is 1.68. The number of H-pyrrole nitrogens is 1. The Kier molecular flexibility index (Phi) is 4.92. The monoisotopic (exact) mass is 417 g/mol. The molecule has 4 aromatic rings. The highest BCUT2D eigenvalue weighted by molar-refractivity contribution is 7.99. The van der Waals surface area contributed by atoms with Crippen LogP contribution >= 0.6 is 34.4 Å². The average Bonchev–Trinajstić information content (AvgIpc) is 3.35. The molecule has 27 heavy (non-hydrogen) atoms. The van der Waals surface area contributed by atoms with Crippen molar-refractivity contribution in [3.8, 4) is 10.7 Å². The van der Waals surface area contributed by atoms with E-state index < -0.39 is 0 Å². The Morgan fingerprint density at radius 3 is 2.85 bits per heavy atom. The number of fused-ring (bicyclic) bond motifs is 1. The molecular weight excluding hydrogens is 398 g/mol. The zero-order chi connectivity index (χ0) is 19.1. The Bertz CT molecular complexity index is 1160. The second kappa shape index (κ2) is 7.21. The molecule has 1 atom stereocenters. The number of thioether (sulfide) groups is 1. The van der Waals surface area contributed by atoms with Crippen LogP contribution in [0.1, 0.15) is 35.4 Å². The number of hydrogen-bond donors (Lipinski definition) is 1. The van der Waals surface area contributed by atoms with E-state index in [-0.39, 0.29) is 10.8 Å². The molecular formula is C18H19N5OS3. The normalized spacial score (nSPS) is 12.7. The maximum atomic E-state index is 12.5. The minimum absolute atomic E-state index is 0.0458. The maximum Gasteiger partial charge on any atom is 0.259 e. The van der Waals surface area contributed by atoms with Crippen LogP contribution in [0, 0.1) is 13.8 Å². The fourth-order valence-corrected chi connectivity index (χ4v) is 5.65. The largest absolute Gasteiger partial charge is 0.309 e. The SMILES string of the molecule is CCn1c(SC(C)c2nc3sc(C)c(C)c3c(=O)[nH]2)nnc1-c1cccs1. The van der Waals surface area contributed by atoms with Gasteiger partial charge in [-0.2, -0.15) is 0 Å². The third-order valence-electron chi connectivity index (χ3n) is 4.50. The van der Waals surface area contributed by atoms with E-state index in [0.29, 0.717) is 11.2 Å². The molecule has 0 fully saturated rings. The van der Waals surface area contributed by atoms with Crippen molar-refractivity contribution in [3.63, 3.8) is 0 Å². The molecule has 0 amide bonds. The topological polar surface area (TPSA) is 76.5 Å². The molecule has 4 rings (SSSR count). The number of rotatable bonds is 5. The highest BCUT2D eigenvalue weighted by Crippen LogP contribution is 2.35. The van der Waals surface area contributed by atoms with Gasteiger partial charge in [-0.25, -0.2) is 4.98 Å². The maximum absolute atomic E-state index is 12.5. The van der Waals surface area contributed by atoms with Gasteiger partial charge in [0, 0.05) is 11.4 Å². The lowest BCUT2D eigenvalue weighted by Gasteiger charge is -2.11. The smallest absolute Gasteiger partial charge is 0.259 e. The van der Waals surface area contributed by atoms with Crippen LogP contribution in [-0.2, 0) is 6.54 Å². The van der Waals surface area contributed by atoms with Crippen LogP contribution in [0.4, 0.5) is 0 Å². The summed E-state index contributed by atoms with van der Waals surface area (Å²) < 4.78 is 2.10. The average molecular weight is 418 g/mol. The molecule has 0 aliphatic rings. The number of nitrogens with zero attached hydrogens (tertiary/aromatic N) is 4. The van der Waals surface area contributed by atoms with Gasteiger partial charge in [0.25, 0.3) is 5.56 Å². The lowest BCUT2D eigenvalue weighted by atomic mass is 10.2. The van der Waals surface area contributed by atoms with E-state index in [9.17, 15) is 4.79 Å². The second-order valence-corrected chi connectivity index (χ2v) is 9.66. The van der Waals surface area contributed by atoms with Gasteiger partial charge in [-0.05, 0) is 44.7 Å².